The average Bonchev–Trinajstić information content (AvgIpc) is 3.18. The number of ether oxygens (including phenoxy) is 1. The molecule has 1 aliphatic rings. The molecule has 1 aliphatic carbocycles. The van der Waals surface area contributed by atoms with Crippen LogP contribution in [0.2, 0.25) is 0 Å². The molecule has 0 saturated heterocycles. The number of carbonyl (C=O) groups excluding carboxylic acids is 1. The van der Waals surface area contributed by atoms with Crippen molar-refractivity contribution in [3.05, 3.63) is 42.5 Å². The Hall–Kier alpha value is -2.96. The first kappa shape index (κ1) is 18.4. The van der Waals surface area contributed by atoms with Crippen molar-refractivity contribution < 1.29 is 9.53 Å². The molecule has 1 aromatic carbocycles. The standard InChI is InChI=1S/C21H25N5O2/c1-14(23-21(27)16-6-4-3-5-7-16)20-24-19-12-18(22-13-26(19)25-20)15-8-10-17(28-2)11-9-15/h8-14,16H,3-7H2,1-2H3,(H,23,27)/t14-/m0/s1. The van der Waals surface area contributed by atoms with E-state index in [1.165, 1.54) is 6.42 Å². The number of nitrogens with zero attached hydrogens (tertiary/aromatic N) is 4. The second-order valence-electron chi connectivity index (χ2n) is 7.34. The zero-order chi connectivity index (χ0) is 19.5. The summed E-state index contributed by atoms with van der Waals surface area (Å²) >= 11 is 0. The summed E-state index contributed by atoms with van der Waals surface area (Å²) in [7, 11) is 1.64. The average molecular weight is 379 g/mol. The summed E-state index contributed by atoms with van der Waals surface area (Å²) in [6.07, 6.45) is 7.12. The van der Waals surface area contributed by atoms with E-state index in [4.69, 9.17) is 4.74 Å². The zero-order valence-electron chi connectivity index (χ0n) is 16.3. The van der Waals surface area contributed by atoms with Gasteiger partial charge in [-0.1, -0.05) is 19.3 Å². The monoisotopic (exact) mass is 379 g/mol. The van der Waals surface area contributed by atoms with Gasteiger partial charge in [0.05, 0.1) is 18.8 Å². The van der Waals surface area contributed by atoms with Gasteiger partial charge in [0.25, 0.3) is 0 Å². The van der Waals surface area contributed by atoms with Gasteiger partial charge in [-0.3, -0.25) is 4.79 Å². The van der Waals surface area contributed by atoms with Crippen LogP contribution < -0.4 is 10.1 Å². The Morgan fingerprint density at radius 3 is 2.68 bits per heavy atom. The van der Waals surface area contributed by atoms with E-state index in [9.17, 15) is 4.79 Å². The van der Waals surface area contributed by atoms with Crippen LogP contribution in [-0.2, 0) is 4.79 Å². The Balaban J connectivity index is 1.51. The Labute approximate surface area is 164 Å². The maximum atomic E-state index is 12.5. The summed E-state index contributed by atoms with van der Waals surface area (Å²) in [5.41, 5.74) is 2.49. The minimum atomic E-state index is -0.237. The van der Waals surface area contributed by atoms with Crippen LogP contribution >= 0.6 is 0 Å². The van der Waals surface area contributed by atoms with Gasteiger partial charge >= 0.3 is 0 Å². The second-order valence-corrected chi connectivity index (χ2v) is 7.34. The van der Waals surface area contributed by atoms with Crippen LogP contribution in [0.25, 0.3) is 16.9 Å². The van der Waals surface area contributed by atoms with Crippen molar-refractivity contribution in [3.8, 4) is 17.0 Å². The third kappa shape index (κ3) is 3.83. The fourth-order valence-corrected chi connectivity index (χ4v) is 3.68. The smallest absolute Gasteiger partial charge is 0.223 e. The van der Waals surface area contributed by atoms with E-state index in [1.54, 1.807) is 18.0 Å². The Morgan fingerprint density at radius 2 is 1.96 bits per heavy atom. The van der Waals surface area contributed by atoms with Gasteiger partial charge in [0.1, 0.15) is 12.1 Å². The highest BCUT2D eigenvalue weighted by atomic mass is 16.5. The van der Waals surface area contributed by atoms with Crippen LogP contribution in [-0.4, -0.2) is 32.6 Å². The first-order chi connectivity index (χ1) is 13.6. The van der Waals surface area contributed by atoms with Crippen molar-refractivity contribution in [1.29, 1.82) is 0 Å². The summed E-state index contributed by atoms with van der Waals surface area (Å²) < 4.78 is 6.84. The number of methoxy groups -OCH3 is 1. The molecule has 2 heterocycles. The predicted octanol–water partition coefficient (Wildman–Crippen LogP) is 3.56. The molecule has 7 heteroatoms. The minimum absolute atomic E-state index is 0.114. The van der Waals surface area contributed by atoms with Crippen molar-refractivity contribution in [2.45, 2.75) is 45.1 Å². The van der Waals surface area contributed by atoms with Crippen molar-refractivity contribution in [3.63, 3.8) is 0 Å². The fraction of sp³-hybridized carbons (Fsp3) is 0.429. The van der Waals surface area contributed by atoms with Crippen LogP contribution in [0.15, 0.2) is 36.7 Å². The lowest BCUT2D eigenvalue weighted by atomic mass is 9.88. The summed E-state index contributed by atoms with van der Waals surface area (Å²) in [5, 5.41) is 7.56. The van der Waals surface area contributed by atoms with Crippen LogP contribution in [0, 0.1) is 5.92 Å². The highest BCUT2D eigenvalue weighted by molar-refractivity contribution is 5.79. The summed E-state index contributed by atoms with van der Waals surface area (Å²) in [4.78, 5) is 21.6. The molecule has 0 aliphatic heterocycles. The molecule has 0 radical (unpaired) electrons. The Kier molecular flexibility index (Phi) is 5.23. The molecule has 146 valence electrons. The molecule has 0 spiro atoms. The van der Waals surface area contributed by atoms with Crippen molar-refractivity contribution in [2.24, 2.45) is 5.92 Å². The summed E-state index contributed by atoms with van der Waals surface area (Å²) in [6, 6.07) is 9.38. The van der Waals surface area contributed by atoms with Gasteiger partial charge in [-0.05, 0) is 44.0 Å². The van der Waals surface area contributed by atoms with E-state index in [0.29, 0.717) is 11.5 Å². The Bertz CT molecular complexity index is 961. The molecule has 7 nitrogen and oxygen atoms in total. The molecule has 1 fully saturated rings. The van der Waals surface area contributed by atoms with Gasteiger partial charge in [0.2, 0.25) is 5.91 Å². The van der Waals surface area contributed by atoms with Gasteiger partial charge in [-0.15, -0.1) is 5.10 Å². The predicted molar refractivity (Wildman–Crippen MR) is 106 cm³/mol. The molecule has 1 amide bonds. The van der Waals surface area contributed by atoms with Crippen molar-refractivity contribution >= 4 is 11.6 Å². The number of aromatic nitrogens is 4. The molecule has 4 rings (SSSR count). The SMILES string of the molecule is COc1ccc(-c2cc3nc([C@H](C)NC(=O)C4CCCCC4)nn3cn2)cc1. The first-order valence-corrected chi connectivity index (χ1v) is 9.81. The van der Waals surface area contributed by atoms with Gasteiger partial charge in [0, 0.05) is 17.5 Å². The molecule has 1 saturated carbocycles. The molecule has 0 bridgehead atoms. The number of rotatable bonds is 5. The summed E-state index contributed by atoms with van der Waals surface area (Å²) in [6.45, 7) is 1.92. The molecule has 2 aromatic heterocycles. The maximum Gasteiger partial charge on any atom is 0.223 e. The number of nitrogens with one attached hydrogen (secondary N) is 1. The maximum absolute atomic E-state index is 12.5. The van der Waals surface area contributed by atoms with E-state index in [1.807, 2.05) is 37.3 Å². The van der Waals surface area contributed by atoms with Crippen LogP contribution in [0.3, 0.4) is 0 Å². The Morgan fingerprint density at radius 1 is 1.21 bits per heavy atom. The van der Waals surface area contributed by atoms with Gasteiger partial charge in [0.15, 0.2) is 11.5 Å². The molecular formula is C21H25N5O2. The van der Waals surface area contributed by atoms with E-state index >= 15 is 0 Å². The highest BCUT2D eigenvalue weighted by Crippen LogP contribution is 2.25. The molecular weight excluding hydrogens is 354 g/mol. The van der Waals surface area contributed by atoms with E-state index in [0.717, 1.165) is 42.7 Å². The third-order valence-corrected chi connectivity index (χ3v) is 5.35. The topological polar surface area (TPSA) is 81.4 Å². The summed E-state index contributed by atoms with van der Waals surface area (Å²) in [5.74, 6) is 1.63. The molecule has 1 N–H and O–H groups in total. The lowest BCUT2D eigenvalue weighted by Gasteiger charge is -2.22. The molecule has 3 aromatic rings. The third-order valence-electron chi connectivity index (χ3n) is 5.35. The number of hydrogen-bond acceptors (Lipinski definition) is 5. The quantitative estimate of drug-likeness (QED) is 0.733. The lowest BCUT2D eigenvalue weighted by molar-refractivity contribution is -0.126. The van der Waals surface area contributed by atoms with Gasteiger partial charge in [-0.2, -0.15) is 0 Å². The van der Waals surface area contributed by atoms with Crippen LogP contribution in [0.4, 0.5) is 0 Å². The van der Waals surface area contributed by atoms with Crippen molar-refractivity contribution in [2.75, 3.05) is 7.11 Å². The van der Waals surface area contributed by atoms with Crippen LogP contribution in [0.1, 0.15) is 50.9 Å². The van der Waals surface area contributed by atoms with E-state index in [2.05, 4.69) is 20.4 Å². The van der Waals surface area contributed by atoms with Gasteiger partial charge < -0.3 is 10.1 Å². The number of benzene rings is 1. The van der Waals surface area contributed by atoms with Crippen LogP contribution in [0.5, 0.6) is 5.75 Å². The van der Waals surface area contributed by atoms with E-state index < -0.39 is 0 Å². The number of hydrogen-bond donors (Lipinski definition) is 1. The van der Waals surface area contributed by atoms with Gasteiger partial charge in [-0.25, -0.2) is 14.5 Å². The number of amides is 1. The van der Waals surface area contributed by atoms with E-state index in [-0.39, 0.29) is 17.9 Å². The van der Waals surface area contributed by atoms with Crippen molar-refractivity contribution in [1.82, 2.24) is 24.9 Å². The zero-order valence-corrected chi connectivity index (χ0v) is 16.3. The highest BCUT2D eigenvalue weighted by Gasteiger charge is 2.24. The molecule has 28 heavy (non-hydrogen) atoms. The molecule has 0 unspecified atom stereocenters. The number of carbonyl (C=O) groups is 1. The minimum Gasteiger partial charge on any atom is -0.497 e. The lowest BCUT2D eigenvalue weighted by Crippen LogP contribution is -2.34. The second kappa shape index (κ2) is 7.96. The first-order valence-electron chi connectivity index (χ1n) is 9.81. The normalized spacial score (nSPS) is 16.1. The molecule has 1 atom stereocenters. The largest absolute Gasteiger partial charge is 0.497 e. The fourth-order valence-electron chi connectivity index (χ4n) is 3.68. The number of fused-ring (bicyclic) bond motifs is 1.